The van der Waals surface area contributed by atoms with Crippen LogP contribution >= 0.6 is 11.3 Å². The Morgan fingerprint density at radius 3 is 2.81 bits per heavy atom. The zero-order valence-electron chi connectivity index (χ0n) is 9.36. The molecule has 1 fully saturated rings. The van der Waals surface area contributed by atoms with Gasteiger partial charge in [0.25, 0.3) is 0 Å². The molecular formula is C12H15N3S. The molecule has 1 aliphatic heterocycles. The van der Waals surface area contributed by atoms with Crippen LogP contribution in [0.2, 0.25) is 0 Å². The van der Waals surface area contributed by atoms with E-state index in [1.807, 2.05) is 0 Å². The van der Waals surface area contributed by atoms with Crippen LogP contribution in [0.5, 0.6) is 0 Å². The summed E-state index contributed by atoms with van der Waals surface area (Å²) in [6, 6.07) is 4.39. The first-order valence-electron chi connectivity index (χ1n) is 5.65. The second-order valence-electron chi connectivity index (χ2n) is 4.35. The molecule has 84 valence electrons. The molecule has 1 saturated heterocycles. The SMILES string of the molecule is Cc1cc2sc(N)nc2cc1N1CCCC1. The Morgan fingerprint density at radius 2 is 2.06 bits per heavy atom. The highest BCUT2D eigenvalue weighted by Crippen LogP contribution is 2.32. The molecule has 1 aromatic heterocycles. The fourth-order valence-corrected chi connectivity index (χ4v) is 3.20. The summed E-state index contributed by atoms with van der Waals surface area (Å²) < 4.78 is 1.19. The van der Waals surface area contributed by atoms with E-state index >= 15 is 0 Å². The Balaban J connectivity index is 2.12. The van der Waals surface area contributed by atoms with Crippen LogP contribution in [-0.2, 0) is 0 Å². The number of hydrogen-bond donors (Lipinski definition) is 1. The van der Waals surface area contributed by atoms with E-state index in [0.29, 0.717) is 5.13 Å². The molecule has 0 atom stereocenters. The molecule has 4 heteroatoms. The number of hydrogen-bond acceptors (Lipinski definition) is 4. The van der Waals surface area contributed by atoms with Gasteiger partial charge in [0.2, 0.25) is 0 Å². The maximum absolute atomic E-state index is 5.74. The number of nitrogens with zero attached hydrogens (tertiary/aromatic N) is 2. The van der Waals surface area contributed by atoms with Crippen molar-refractivity contribution in [2.24, 2.45) is 0 Å². The molecule has 1 aromatic carbocycles. The van der Waals surface area contributed by atoms with Crippen molar-refractivity contribution in [1.82, 2.24) is 4.98 Å². The molecule has 0 saturated carbocycles. The molecule has 2 heterocycles. The van der Waals surface area contributed by atoms with Gasteiger partial charge in [-0.2, -0.15) is 0 Å². The second kappa shape index (κ2) is 3.63. The lowest BCUT2D eigenvalue weighted by atomic mass is 10.1. The highest BCUT2D eigenvalue weighted by Gasteiger charge is 2.15. The van der Waals surface area contributed by atoms with Crippen molar-refractivity contribution in [2.75, 3.05) is 23.7 Å². The van der Waals surface area contributed by atoms with E-state index in [2.05, 4.69) is 28.9 Å². The van der Waals surface area contributed by atoms with Gasteiger partial charge in [-0.25, -0.2) is 4.98 Å². The van der Waals surface area contributed by atoms with Crippen molar-refractivity contribution in [3.63, 3.8) is 0 Å². The summed E-state index contributed by atoms with van der Waals surface area (Å²) in [5, 5.41) is 0.660. The molecule has 0 bridgehead atoms. The molecule has 0 amide bonds. The monoisotopic (exact) mass is 233 g/mol. The molecule has 1 aliphatic rings. The van der Waals surface area contributed by atoms with E-state index in [9.17, 15) is 0 Å². The van der Waals surface area contributed by atoms with Gasteiger partial charge in [0.1, 0.15) is 0 Å². The Kier molecular flexibility index (Phi) is 2.24. The Labute approximate surface area is 98.9 Å². The van der Waals surface area contributed by atoms with Gasteiger partial charge in [0.15, 0.2) is 5.13 Å². The number of rotatable bonds is 1. The van der Waals surface area contributed by atoms with Crippen LogP contribution in [0.4, 0.5) is 10.8 Å². The first-order valence-corrected chi connectivity index (χ1v) is 6.47. The van der Waals surface area contributed by atoms with Gasteiger partial charge in [-0.05, 0) is 37.5 Å². The molecule has 0 unspecified atom stereocenters. The smallest absolute Gasteiger partial charge is 0.181 e. The lowest BCUT2D eigenvalue weighted by molar-refractivity contribution is 0.949. The quantitative estimate of drug-likeness (QED) is 0.823. The van der Waals surface area contributed by atoms with Crippen molar-refractivity contribution in [2.45, 2.75) is 19.8 Å². The Bertz CT molecular complexity index is 526. The van der Waals surface area contributed by atoms with Gasteiger partial charge < -0.3 is 10.6 Å². The molecule has 0 aliphatic carbocycles. The molecule has 0 radical (unpaired) electrons. The van der Waals surface area contributed by atoms with Crippen molar-refractivity contribution in [1.29, 1.82) is 0 Å². The maximum atomic E-state index is 5.74. The Morgan fingerprint density at radius 1 is 1.31 bits per heavy atom. The third-order valence-electron chi connectivity index (χ3n) is 3.17. The van der Waals surface area contributed by atoms with Gasteiger partial charge in [-0.1, -0.05) is 11.3 Å². The van der Waals surface area contributed by atoms with Crippen LogP contribution in [-0.4, -0.2) is 18.1 Å². The number of anilines is 2. The third kappa shape index (κ3) is 1.53. The van der Waals surface area contributed by atoms with Gasteiger partial charge in [0.05, 0.1) is 10.2 Å². The Hall–Kier alpha value is -1.29. The summed E-state index contributed by atoms with van der Waals surface area (Å²) in [5.41, 5.74) is 9.44. The first-order chi connectivity index (χ1) is 7.74. The zero-order chi connectivity index (χ0) is 11.1. The summed E-state index contributed by atoms with van der Waals surface area (Å²) in [4.78, 5) is 6.80. The number of benzene rings is 1. The minimum atomic E-state index is 0.660. The summed E-state index contributed by atoms with van der Waals surface area (Å²) in [6.07, 6.45) is 2.60. The summed E-state index contributed by atoms with van der Waals surface area (Å²) in [7, 11) is 0. The van der Waals surface area contributed by atoms with Crippen molar-refractivity contribution in [3.8, 4) is 0 Å². The van der Waals surface area contributed by atoms with Gasteiger partial charge >= 0.3 is 0 Å². The number of thiazole rings is 1. The van der Waals surface area contributed by atoms with Crippen LogP contribution in [0.3, 0.4) is 0 Å². The van der Waals surface area contributed by atoms with Gasteiger partial charge in [-0.15, -0.1) is 0 Å². The second-order valence-corrected chi connectivity index (χ2v) is 5.41. The van der Waals surface area contributed by atoms with E-state index in [-0.39, 0.29) is 0 Å². The molecule has 0 spiro atoms. The fourth-order valence-electron chi connectivity index (χ4n) is 2.38. The summed E-state index contributed by atoms with van der Waals surface area (Å²) >= 11 is 1.57. The summed E-state index contributed by atoms with van der Waals surface area (Å²) in [6.45, 7) is 4.51. The van der Waals surface area contributed by atoms with E-state index < -0.39 is 0 Å². The highest BCUT2D eigenvalue weighted by atomic mass is 32.1. The van der Waals surface area contributed by atoms with E-state index in [4.69, 9.17) is 5.73 Å². The largest absolute Gasteiger partial charge is 0.375 e. The number of nitrogen functional groups attached to an aromatic ring is 1. The average molecular weight is 233 g/mol. The molecule has 2 aromatic rings. The predicted molar refractivity (Wildman–Crippen MR) is 70.2 cm³/mol. The van der Waals surface area contributed by atoms with Crippen LogP contribution in [0.15, 0.2) is 12.1 Å². The number of aromatic nitrogens is 1. The zero-order valence-corrected chi connectivity index (χ0v) is 10.2. The minimum Gasteiger partial charge on any atom is -0.375 e. The lowest BCUT2D eigenvalue weighted by Gasteiger charge is -2.19. The third-order valence-corrected chi connectivity index (χ3v) is 4.02. The molecule has 2 N–H and O–H groups in total. The van der Waals surface area contributed by atoms with Gasteiger partial charge in [-0.3, -0.25) is 0 Å². The standard InChI is InChI=1S/C12H15N3S/c1-8-6-11-9(14-12(13)16-11)7-10(8)15-4-2-3-5-15/h6-7H,2-5H2,1H3,(H2,13,14). The molecule has 3 rings (SSSR count). The van der Waals surface area contributed by atoms with Crippen molar-refractivity contribution < 1.29 is 0 Å². The van der Waals surface area contributed by atoms with Crippen molar-refractivity contribution in [3.05, 3.63) is 17.7 Å². The number of aryl methyl sites for hydroxylation is 1. The minimum absolute atomic E-state index is 0.660. The van der Waals surface area contributed by atoms with Crippen molar-refractivity contribution >= 4 is 32.4 Å². The van der Waals surface area contributed by atoms with Crippen LogP contribution < -0.4 is 10.6 Å². The molecular weight excluding hydrogens is 218 g/mol. The summed E-state index contributed by atoms with van der Waals surface area (Å²) in [5.74, 6) is 0. The first kappa shape index (κ1) is 9.90. The highest BCUT2D eigenvalue weighted by molar-refractivity contribution is 7.22. The lowest BCUT2D eigenvalue weighted by Crippen LogP contribution is -2.18. The van der Waals surface area contributed by atoms with E-state index in [0.717, 1.165) is 5.52 Å². The van der Waals surface area contributed by atoms with E-state index in [1.165, 1.54) is 41.9 Å². The fraction of sp³-hybridized carbons (Fsp3) is 0.417. The average Bonchev–Trinajstić information content (AvgIpc) is 2.83. The van der Waals surface area contributed by atoms with Crippen LogP contribution in [0, 0.1) is 6.92 Å². The maximum Gasteiger partial charge on any atom is 0.181 e. The normalized spacial score (nSPS) is 16.2. The molecule has 3 nitrogen and oxygen atoms in total. The number of fused-ring (bicyclic) bond motifs is 1. The molecule has 16 heavy (non-hydrogen) atoms. The van der Waals surface area contributed by atoms with Crippen LogP contribution in [0.1, 0.15) is 18.4 Å². The number of nitrogens with two attached hydrogens (primary N) is 1. The van der Waals surface area contributed by atoms with Gasteiger partial charge in [0, 0.05) is 18.8 Å². The van der Waals surface area contributed by atoms with E-state index in [1.54, 1.807) is 11.3 Å². The predicted octanol–water partition coefficient (Wildman–Crippen LogP) is 2.79. The topological polar surface area (TPSA) is 42.1 Å². The van der Waals surface area contributed by atoms with Crippen LogP contribution in [0.25, 0.3) is 10.2 Å².